The average molecular weight is 409 g/mol. The predicted molar refractivity (Wildman–Crippen MR) is 86.2 cm³/mol. The second-order valence-electron chi connectivity index (χ2n) is 4.31. The summed E-state index contributed by atoms with van der Waals surface area (Å²) in [6, 6.07) is 6.10. The maximum Gasteiger partial charge on any atom is 0.417 e. The van der Waals surface area contributed by atoms with Gasteiger partial charge in [-0.25, -0.2) is 4.98 Å². The summed E-state index contributed by atoms with van der Waals surface area (Å²) in [5.41, 5.74) is 2.24. The van der Waals surface area contributed by atoms with E-state index in [9.17, 15) is 13.2 Å². The summed E-state index contributed by atoms with van der Waals surface area (Å²) in [5, 5.41) is 3.73. The Balaban J connectivity index is 2.16. The maximum atomic E-state index is 12.5. The fourth-order valence-electron chi connectivity index (χ4n) is 1.64. The SMILES string of the molecule is COc1ccc(Br)cc1C=NNc1ncc(C(F)(F)F)cc1Cl. The van der Waals surface area contributed by atoms with Crippen molar-refractivity contribution in [2.24, 2.45) is 5.10 Å². The fourth-order valence-corrected chi connectivity index (χ4v) is 2.23. The number of hydrogen-bond acceptors (Lipinski definition) is 4. The zero-order chi connectivity index (χ0) is 17.0. The first-order chi connectivity index (χ1) is 10.8. The molecule has 0 atom stereocenters. The number of benzene rings is 1. The van der Waals surface area contributed by atoms with E-state index in [1.54, 1.807) is 18.2 Å². The lowest BCUT2D eigenvalue weighted by atomic mass is 10.2. The number of nitrogens with one attached hydrogen (secondary N) is 1. The van der Waals surface area contributed by atoms with Crippen LogP contribution in [0.25, 0.3) is 0 Å². The van der Waals surface area contributed by atoms with Gasteiger partial charge in [0.2, 0.25) is 0 Å². The molecule has 0 amide bonds. The highest BCUT2D eigenvalue weighted by Gasteiger charge is 2.31. The van der Waals surface area contributed by atoms with Crippen LogP contribution in [0.2, 0.25) is 5.02 Å². The highest BCUT2D eigenvalue weighted by Crippen LogP contribution is 2.32. The van der Waals surface area contributed by atoms with Crippen molar-refractivity contribution in [2.45, 2.75) is 6.18 Å². The molecule has 0 saturated carbocycles. The molecule has 0 radical (unpaired) electrons. The zero-order valence-corrected chi connectivity index (χ0v) is 14.0. The molecule has 2 rings (SSSR count). The number of alkyl halides is 3. The van der Waals surface area contributed by atoms with Crippen LogP contribution in [0.15, 0.2) is 40.0 Å². The molecule has 0 saturated heterocycles. The van der Waals surface area contributed by atoms with Gasteiger partial charge in [-0.15, -0.1) is 0 Å². The van der Waals surface area contributed by atoms with Crippen LogP contribution in [-0.2, 0) is 6.18 Å². The summed E-state index contributed by atoms with van der Waals surface area (Å²) in [4.78, 5) is 3.62. The van der Waals surface area contributed by atoms with Crippen molar-refractivity contribution >= 4 is 39.6 Å². The summed E-state index contributed by atoms with van der Waals surface area (Å²) < 4.78 is 43.6. The van der Waals surface area contributed by atoms with Crippen LogP contribution in [-0.4, -0.2) is 18.3 Å². The first kappa shape index (κ1) is 17.6. The molecule has 9 heteroatoms. The molecular weight excluding hydrogens is 399 g/mol. The highest BCUT2D eigenvalue weighted by atomic mass is 79.9. The number of rotatable bonds is 4. The van der Waals surface area contributed by atoms with Crippen molar-refractivity contribution in [3.05, 3.63) is 51.1 Å². The van der Waals surface area contributed by atoms with Crippen LogP contribution in [0, 0.1) is 0 Å². The summed E-state index contributed by atoms with van der Waals surface area (Å²) >= 11 is 9.09. The van der Waals surface area contributed by atoms with Crippen molar-refractivity contribution in [1.29, 1.82) is 0 Å². The van der Waals surface area contributed by atoms with E-state index in [-0.39, 0.29) is 10.8 Å². The second-order valence-corrected chi connectivity index (χ2v) is 5.63. The van der Waals surface area contributed by atoms with E-state index in [2.05, 4.69) is 31.4 Å². The molecule has 4 nitrogen and oxygen atoms in total. The summed E-state index contributed by atoms with van der Waals surface area (Å²) in [5.74, 6) is 0.607. The molecular formula is C14H10BrClF3N3O. The molecule has 122 valence electrons. The molecule has 0 aliphatic heterocycles. The van der Waals surface area contributed by atoms with Crippen molar-refractivity contribution in [3.63, 3.8) is 0 Å². The van der Waals surface area contributed by atoms with Gasteiger partial charge in [-0.05, 0) is 24.3 Å². The number of aromatic nitrogens is 1. The monoisotopic (exact) mass is 407 g/mol. The number of nitrogens with zero attached hydrogens (tertiary/aromatic N) is 2. The van der Waals surface area contributed by atoms with Crippen molar-refractivity contribution < 1.29 is 17.9 Å². The second kappa shape index (κ2) is 7.18. The minimum absolute atomic E-state index is 0.0184. The topological polar surface area (TPSA) is 46.5 Å². The van der Waals surface area contributed by atoms with E-state index in [1.807, 2.05) is 0 Å². The van der Waals surface area contributed by atoms with Crippen molar-refractivity contribution in [1.82, 2.24) is 4.98 Å². The summed E-state index contributed by atoms with van der Waals surface area (Å²) in [6.07, 6.45) is -2.37. The lowest BCUT2D eigenvalue weighted by molar-refractivity contribution is -0.137. The molecule has 1 aromatic heterocycles. The molecule has 1 heterocycles. The number of methoxy groups -OCH3 is 1. The van der Waals surface area contributed by atoms with Gasteiger partial charge in [0, 0.05) is 16.2 Å². The zero-order valence-electron chi connectivity index (χ0n) is 11.7. The maximum absolute atomic E-state index is 12.5. The minimum Gasteiger partial charge on any atom is -0.496 e. The van der Waals surface area contributed by atoms with Crippen LogP contribution < -0.4 is 10.2 Å². The minimum atomic E-state index is -4.50. The Labute approximate surface area is 143 Å². The van der Waals surface area contributed by atoms with Crippen molar-refractivity contribution in [3.8, 4) is 5.75 Å². The van der Waals surface area contributed by atoms with Gasteiger partial charge < -0.3 is 4.74 Å². The molecule has 0 unspecified atom stereocenters. The number of halogens is 5. The Kier molecular flexibility index (Phi) is 5.48. The average Bonchev–Trinajstić information content (AvgIpc) is 2.48. The van der Waals surface area contributed by atoms with E-state index in [1.165, 1.54) is 13.3 Å². The molecule has 23 heavy (non-hydrogen) atoms. The molecule has 0 aliphatic carbocycles. The number of hydrazone groups is 1. The fraction of sp³-hybridized carbons (Fsp3) is 0.143. The van der Waals surface area contributed by atoms with Gasteiger partial charge in [-0.2, -0.15) is 18.3 Å². The Morgan fingerprint density at radius 2 is 2.09 bits per heavy atom. The number of anilines is 1. The van der Waals surface area contributed by atoms with E-state index < -0.39 is 11.7 Å². The quantitative estimate of drug-likeness (QED) is 0.574. The van der Waals surface area contributed by atoms with Crippen molar-refractivity contribution in [2.75, 3.05) is 12.5 Å². The largest absolute Gasteiger partial charge is 0.496 e. The molecule has 0 spiro atoms. The van der Waals surface area contributed by atoms with Gasteiger partial charge in [0.15, 0.2) is 5.82 Å². The summed E-state index contributed by atoms with van der Waals surface area (Å²) in [6.45, 7) is 0. The Morgan fingerprint density at radius 1 is 1.35 bits per heavy atom. The molecule has 1 aromatic carbocycles. The first-order valence-electron chi connectivity index (χ1n) is 6.16. The molecule has 0 aliphatic rings. The highest BCUT2D eigenvalue weighted by molar-refractivity contribution is 9.10. The van der Waals surface area contributed by atoms with E-state index in [0.717, 1.165) is 10.5 Å². The molecule has 1 N–H and O–H groups in total. The van der Waals surface area contributed by atoms with Crippen LogP contribution in [0.1, 0.15) is 11.1 Å². The number of hydrogen-bond donors (Lipinski definition) is 1. The molecule has 0 bridgehead atoms. The Bertz CT molecular complexity index is 738. The third kappa shape index (κ3) is 4.59. The third-order valence-electron chi connectivity index (χ3n) is 2.73. The number of pyridine rings is 1. The molecule has 0 fully saturated rings. The van der Waals surface area contributed by atoms with Crippen LogP contribution in [0.5, 0.6) is 5.75 Å². The van der Waals surface area contributed by atoms with Crippen LogP contribution in [0.4, 0.5) is 19.0 Å². The van der Waals surface area contributed by atoms with Gasteiger partial charge >= 0.3 is 6.18 Å². The number of ether oxygens (including phenoxy) is 1. The first-order valence-corrected chi connectivity index (χ1v) is 7.33. The lowest BCUT2D eigenvalue weighted by Gasteiger charge is -2.08. The van der Waals surface area contributed by atoms with E-state index in [0.29, 0.717) is 17.5 Å². The van der Waals surface area contributed by atoms with Gasteiger partial charge in [0.25, 0.3) is 0 Å². The summed E-state index contributed by atoms with van der Waals surface area (Å²) in [7, 11) is 1.52. The third-order valence-corrected chi connectivity index (χ3v) is 3.52. The molecule has 2 aromatic rings. The standard InChI is InChI=1S/C14H10BrClF3N3O/c1-23-12-3-2-10(15)4-8(12)6-21-22-13-11(16)5-9(7-20-13)14(17,18)19/h2-7H,1H3,(H,20,22). The van der Waals surface area contributed by atoms with Crippen LogP contribution >= 0.6 is 27.5 Å². The smallest absolute Gasteiger partial charge is 0.417 e. The van der Waals surface area contributed by atoms with Gasteiger partial charge in [-0.1, -0.05) is 27.5 Å². The lowest BCUT2D eigenvalue weighted by Crippen LogP contribution is -2.06. The van der Waals surface area contributed by atoms with Gasteiger partial charge in [0.1, 0.15) is 5.75 Å². The van der Waals surface area contributed by atoms with Gasteiger partial charge in [0.05, 0.1) is 23.9 Å². The Morgan fingerprint density at radius 3 is 2.70 bits per heavy atom. The van der Waals surface area contributed by atoms with Crippen LogP contribution in [0.3, 0.4) is 0 Å². The van der Waals surface area contributed by atoms with E-state index in [4.69, 9.17) is 16.3 Å². The normalized spacial score (nSPS) is 11.7. The Hall–Kier alpha value is -1.80. The van der Waals surface area contributed by atoms with E-state index >= 15 is 0 Å². The van der Waals surface area contributed by atoms with Gasteiger partial charge in [-0.3, -0.25) is 5.43 Å². The predicted octanol–water partition coefficient (Wildman–Crippen LogP) is 4.97.